The topological polar surface area (TPSA) is 133 Å². The molecule has 1 aliphatic carbocycles. The van der Waals surface area contributed by atoms with Crippen LogP contribution in [0, 0.1) is 11.8 Å². The van der Waals surface area contributed by atoms with Gasteiger partial charge in [-0.2, -0.15) is 0 Å². The number of carbonyl (C=O) groups excluding carboxylic acids is 4. The summed E-state index contributed by atoms with van der Waals surface area (Å²) in [6.45, 7) is 8.34. The smallest absolute Gasteiger partial charge is 0.343 e. The highest BCUT2D eigenvalue weighted by atomic mass is 35.5. The third-order valence-corrected chi connectivity index (χ3v) is 7.83. The SMILES string of the molecule is CCC(C)C=CC1=CC2=C(Cl)C(=O)C3(C)OC(=O)C(C(=O)C(C)C(C)O)=C3C2=CN1NC(=O)c1ccc(O)cc1. The largest absolute Gasteiger partial charge is 0.508 e. The van der Waals surface area contributed by atoms with Gasteiger partial charge in [0.15, 0.2) is 11.4 Å². The molecular formula is C30H31ClN2O7. The molecule has 40 heavy (non-hydrogen) atoms. The van der Waals surface area contributed by atoms with Gasteiger partial charge >= 0.3 is 5.97 Å². The van der Waals surface area contributed by atoms with E-state index in [1.165, 1.54) is 56.2 Å². The molecule has 0 saturated heterocycles. The van der Waals surface area contributed by atoms with Crippen LogP contribution in [0.15, 0.2) is 81.7 Å². The number of aliphatic hydroxyl groups is 1. The maximum Gasteiger partial charge on any atom is 0.343 e. The summed E-state index contributed by atoms with van der Waals surface area (Å²) in [5, 5.41) is 20.9. The van der Waals surface area contributed by atoms with Crippen LogP contribution in [0.3, 0.4) is 0 Å². The lowest BCUT2D eigenvalue weighted by Crippen LogP contribution is -2.45. The number of rotatable bonds is 8. The fraction of sp³-hybridized carbons (Fsp3) is 0.333. The van der Waals surface area contributed by atoms with Crippen LogP contribution in [0.2, 0.25) is 0 Å². The third kappa shape index (κ3) is 5.02. The summed E-state index contributed by atoms with van der Waals surface area (Å²) in [4.78, 5) is 53.0. The maximum absolute atomic E-state index is 13.5. The zero-order valence-corrected chi connectivity index (χ0v) is 23.6. The van der Waals surface area contributed by atoms with Gasteiger partial charge in [0.25, 0.3) is 5.91 Å². The molecule has 1 amide bonds. The number of hydrazine groups is 1. The van der Waals surface area contributed by atoms with E-state index in [1.54, 1.807) is 12.2 Å². The third-order valence-electron chi connectivity index (χ3n) is 7.46. The number of ether oxygens (including phenoxy) is 1. The molecular weight excluding hydrogens is 536 g/mol. The lowest BCUT2D eigenvalue weighted by molar-refractivity contribution is -0.153. The molecule has 0 fully saturated rings. The van der Waals surface area contributed by atoms with Crippen molar-refractivity contribution in [2.75, 3.05) is 0 Å². The number of allylic oxidation sites excluding steroid dienone is 4. The van der Waals surface area contributed by atoms with Gasteiger partial charge in [-0.25, -0.2) is 4.79 Å². The molecule has 3 aliphatic rings. The predicted octanol–water partition coefficient (Wildman–Crippen LogP) is 4.00. The molecule has 0 radical (unpaired) electrons. The molecule has 1 aromatic carbocycles. The Morgan fingerprint density at radius 3 is 2.42 bits per heavy atom. The molecule has 0 saturated carbocycles. The van der Waals surface area contributed by atoms with Crippen molar-refractivity contribution in [3.63, 3.8) is 0 Å². The Hall–Kier alpha value is -3.95. The number of benzene rings is 1. The number of amides is 1. The van der Waals surface area contributed by atoms with Gasteiger partial charge < -0.3 is 14.9 Å². The summed E-state index contributed by atoms with van der Waals surface area (Å²) in [6.07, 6.45) is 6.62. The molecule has 0 aromatic heterocycles. The summed E-state index contributed by atoms with van der Waals surface area (Å²) in [5.74, 6) is -3.57. The van der Waals surface area contributed by atoms with Crippen LogP contribution < -0.4 is 5.43 Å². The lowest BCUT2D eigenvalue weighted by atomic mass is 9.74. The number of aromatic hydroxyl groups is 1. The predicted molar refractivity (Wildman–Crippen MR) is 147 cm³/mol. The van der Waals surface area contributed by atoms with Crippen LogP contribution in [0.25, 0.3) is 0 Å². The summed E-state index contributed by atoms with van der Waals surface area (Å²) in [6, 6.07) is 5.68. The van der Waals surface area contributed by atoms with Gasteiger partial charge in [-0.15, -0.1) is 0 Å². The molecule has 0 spiro atoms. The lowest BCUT2D eigenvalue weighted by Gasteiger charge is -2.36. The van der Waals surface area contributed by atoms with E-state index in [1.807, 2.05) is 19.9 Å². The van der Waals surface area contributed by atoms with Gasteiger partial charge in [-0.3, -0.25) is 24.8 Å². The maximum atomic E-state index is 13.5. The number of nitrogens with zero attached hydrogens (tertiary/aromatic N) is 1. The van der Waals surface area contributed by atoms with E-state index in [4.69, 9.17) is 16.3 Å². The van der Waals surface area contributed by atoms with Crippen LogP contribution in [0.4, 0.5) is 0 Å². The van der Waals surface area contributed by atoms with E-state index in [0.29, 0.717) is 5.70 Å². The second-order valence-electron chi connectivity index (χ2n) is 10.3. The zero-order valence-electron chi connectivity index (χ0n) is 22.8. The number of hydrogen-bond donors (Lipinski definition) is 3. The molecule has 3 N–H and O–H groups in total. The monoisotopic (exact) mass is 566 g/mol. The van der Waals surface area contributed by atoms with E-state index in [-0.39, 0.29) is 44.6 Å². The highest BCUT2D eigenvalue weighted by molar-refractivity contribution is 6.46. The molecule has 0 bridgehead atoms. The summed E-state index contributed by atoms with van der Waals surface area (Å²) in [7, 11) is 0. The normalized spacial score (nSPS) is 22.8. The Morgan fingerprint density at radius 1 is 1.18 bits per heavy atom. The Morgan fingerprint density at radius 2 is 1.82 bits per heavy atom. The Labute approximate surface area is 237 Å². The fourth-order valence-electron chi connectivity index (χ4n) is 4.54. The summed E-state index contributed by atoms with van der Waals surface area (Å²) >= 11 is 6.56. The molecule has 4 atom stereocenters. The second-order valence-corrected chi connectivity index (χ2v) is 10.7. The molecule has 9 nitrogen and oxygen atoms in total. The number of Topliss-reactive ketones (excluding diaryl/α,β-unsaturated/α-hetero) is 2. The van der Waals surface area contributed by atoms with Crippen molar-refractivity contribution >= 4 is 35.0 Å². The minimum atomic E-state index is -1.86. The fourth-order valence-corrected chi connectivity index (χ4v) is 4.88. The van der Waals surface area contributed by atoms with Gasteiger partial charge in [-0.05, 0) is 56.2 Å². The molecule has 1 aromatic rings. The van der Waals surface area contributed by atoms with Crippen molar-refractivity contribution in [2.24, 2.45) is 11.8 Å². The number of carbonyl (C=O) groups is 4. The molecule has 4 unspecified atom stereocenters. The standard InChI is InChI=1S/C30H31ClN2O7/c1-6-15(2)7-10-19-13-21-22(14-33(19)32-28(38)18-8-11-20(35)12-9-18)24-23(26(36)16(3)17(4)34)29(39)40-30(24,5)27(37)25(21)31/h7-17,34-35H,6H2,1-5H3,(H,32,38). The Balaban J connectivity index is 1.90. The number of halogens is 1. The first-order chi connectivity index (χ1) is 18.8. The van der Waals surface area contributed by atoms with Gasteiger partial charge in [0.1, 0.15) is 11.3 Å². The van der Waals surface area contributed by atoms with Crippen molar-refractivity contribution in [2.45, 2.75) is 52.7 Å². The van der Waals surface area contributed by atoms with E-state index >= 15 is 0 Å². The second kappa shape index (κ2) is 10.9. The first-order valence-electron chi connectivity index (χ1n) is 13.0. The number of fused-ring (bicyclic) bond motifs is 3. The molecule has 10 heteroatoms. The average molecular weight is 567 g/mol. The van der Waals surface area contributed by atoms with E-state index in [0.717, 1.165) is 6.42 Å². The Kier molecular flexibility index (Phi) is 7.92. The average Bonchev–Trinajstić information content (AvgIpc) is 3.20. The quantitative estimate of drug-likeness (QED) is 0.318. The number of phenols is 1. The number of aliphatic hydroxyl groups excluding tert-OH is 1. The van der Waals surface area contributed by atoms with E-state index in [9.17, 15) is 29.4 Å². The molecule has 2 heterocycles. The van der Waals surface area contributed by atoms with Crippen LogP contribution >= 0.6 is 11.6 Å². The minimum absolute atomic E-state index is 0.00533. The number of phenolic OH excluding ortho intramolecular Hbond substituents is 1. The first-order valence-corrected chi connectivity index (χ1v) is 13.3. The van der Waals surface area contributed by atoms with Gasteiger partial charge in [0, 0.05) is 34.4 Å². The highest BCUT2D eigenvalue weighted by Gasteiger charge is 2.57. The van der Waals surface area contributed by atoms with Crippen LogP contribution in [-0.2, 0) is 19.1 Å². The van der Waals surface area contributed by atoms with Gasteiger partial charge in [0.05, 0.1) is 16.8 Å². The van der Waals surface area contributed by atoms with E-state index in [2.05, 4.69) is 5.43 Å². The van der Waals surface area contributed by atoms with Crippen molar-refractivity contribution in [1.29, 1.82) is 0 Å². The van der Waals surface area contributed by atoms with Crippen molar-refractivity contribution < 1.29 is 34.1 Å². The summed E-state index contributed by atoms with van der Waals surface area (Å²) in [5.41, 5.74) is 1.88. The Bertz CT molecular complexity index is 1450. The first kappa shape index (κ1) is 29.0. The van der Waals surface area contributed by atoms with Crippen molar-refractivity contribution in [3.05, 3.63) is 87.3 Å². The number of esters is 1. The number of nitrogens with one attached hydrogen (secondary N) is 1. The summed E-state index contributed by atoms with van der Waals surface area (Å²) < 4.78 is 5.48. The number of hydrogen-bond acceptors (Lipinski definition) is 8. The van der Waals surface area contributed by atoms with E-state index < -0.39 is 41.1 Å². The molecule has 210 valence electrons. The molecule has 4 rings (SSSR count). The van der Waals surface area contributed by atoms with Gasteiger partial charge in [0.2, 0.25) is 5.78 Å². The van der Waals surface area contributed by atoms with Crippen molar-refractivity contribution in [1.82, 2.24) is 10.4 Å². The number of ketones is 2. The highest BCUT2D eigenvalue weighted by Crippen LogP contribution is 2.50. The van der Waals surface area contributed by atoms with Crippen LogP contribution in [0.5, 0.6) is 5.75 Å². The van der Waals surface area contributed by atoms with Gasteiger partial charge in [-0.1, -0.05) is 44.9 Å². The molecule has 2 aliphatic heterocycles. The van der Waals surface area contributed by atoms with Crippen molar-refractivity contribution in [3.8, 4) is 5.75 Å². The minimum Gasteiger partial charge on any atom is -0.508 e. The van der Waals surface area contributed by atoms with Crippen LogP contribution in [-0.4, -0.2) is 50.4 Å². The zero-order chi connectivity index (χ0) is 29.5. The van der Waals surface area contributed by atoms with Crippen LogP contribution in [0.1, 0.15) is 51.4 Å².